The molecule has 29 heteroatoms. The zero-order valence-corrected chi connectivity index (χ0v) is 37.1. The van der Waals surface area contributed by atoms with Crippen LogP contribution in [0.2, 0.25) is 0 Å². The standard InChI is InChI=1S/C40H56N10O19/c1-3-17(2)32(50-33(61)19(41)12-26(42)51)39(67)48-22(13-27(43)52)36(64)47-24(15-30(57)58)38(66)45-21(11-18-7-5-4-6-8-18)35(63)46-23(14-29(55)56)37(65)44-20(9-10-28(53)54)34(62)49-25(40(68)69)16-31(59)60/h4-8,17,19-25,32H,3,9-16,41H2,1-2H3,(H2,42,51)(H2,43,52)(H,44,65)(H,45,66)(H,46,63)(H,47,64)(H,48,67)(H,49,62)(H,50,61)(H,53,54)(H,55,56)(H,57,58)(H,59,60)(H,68,69)/t17-,19-,20-,21-,22-,23-,24-,25-,32-/m0/s1. The van der Waals surface area contributed by atoms with Crippen LogP contribution in [0, 0.1) is 5.92 Å². The molecule has 0 aliphatic heterocycles. The van der Waals surface area contributed by atoms with Gasteiger partial charge in [-0.05, 0) is 17.9 Å². The lowest BCUT2D eigenvalue weighted by Crippen LogP contribution is -2.61. The third-order valence-electron chi connectivity index (χ3n) is 9.80. The zero-order valence-electron chi connectivity index (χ0n) is 37.1. The molecule has 0 fully saturated rings. The molecule has 1 aromatic rings. The van der Waals surface area contributed by atoms with E-state index in [0.29, 0.717) is 5.56 Å². The first kappa shape index (κ1) is 58.8. The van der Waals surface area contributed by atoms with Crippen LogP contribution < -0.4 is 54.4 Å². The van der Waals surface area contributed by atoms with Gasteiger partial charge in [-0.2, -0.15) is 0 Å². The van der Waals surface area contributed by atoms with Gasteiger partial charge in [0.2, 0.25) is 53.2 Å². The van der Waals surface area contributed by atoms with Crippen LogP contribution in [0.25, 0.3) is 0 Å². The quantitative estimate of drug-likeness (QED) is 0.0320. The number of nitrogens with one attached hydrogen (secondary N) is 7. The summed E-state index contributed by atoms with van der Waals surface area (Å²) in [4.78, 5) is 176. The Bertz CT molecular complexity index is 2110. The number of hydrogen-bond donors (Lipinski definition) is 15. The number of carbonyl (C=O) groups is 14. The van der Waals surface area contributed by atoms with Crippen molar-refractivity contribution in [2.75, 3.05) is 0 Å². The number of aliphatic carboxylic acids is 5. The molecule has 18 N–H and O–H groups in total. The van der Waals surface area contributed by atoms with E-state index in [-0.39, 0.29) is 6.42 Å². The highest BCUT2D eigenvalue weighted by Gasteiger charge is 2.37. The number of rotatable bonds is 32. The van der Waals surface area contributed by atoms with E-state index in [2.05, 4.69) is 26.6 Å². The second-order valence-corrected chi connectivity index (χ2v) is 15.4. The number of benzene rings is 1. The number of carboxylic acids is 5. The first-order chi connectivity index (χ1) is 32.1. The Morgan fingerprint density at radius 2 is 0.870 bits per heavy atom. The first-order valence-corrected chi connectivity index (χ1v) is 20.7. The van der Waals surface area contributed by atoms with Crippen molar-refractivity contribution < 1.29 is 92.7 Å². The van der Waals surface area contributed by atoms with E-state index in [1.54, 1.807) is 13.0 Å². The lowest BCUT2D eigenvalue weighted by atomic mass is 9.97. The monoisotopic (exact) mass is 980 g/mol. The van der Waals surface area contributed by atoms with Gasteiger partial charge in [0.05, 0.1) is 38.1 Å². The minimum Gasteiger partial charge on any atom is -0.481 e. The molecular weight excluding hydrogens is 924 g/mol. The van der Waals surface area contributed by atoms with E-state index in [1.807, 2.05) is 10.6 Å². The summed E-state index contributed by atoms with van der Waals surface area (Å²) in [5, 5.41) is 61.7. The van der Waals surface area contributed by atoms with Crippen molar-refractivity contribution in [3.05, 3.63) is 35.9 Å². The highest BCUT2D eigenvalue weighted by atomic mass is 16.4. The second-order valence-electron chi connectivity index (χ2n) is 15.4. The maximum Gasteiger partial charge on any atom is 0.326 e. The zero-order chi connectivity index (χ0) is 52.7. The van der Waals surface area contributed by atoms with Gasteiger partial charge in [0.25, 0.3) is 0 Å². The smallest absolute Gasteiger partial charge is 0.326 e. The minimum atomic E-state index is -2.14. The molecule has 0 radical (unpaired) electrons. The Balaban J connectivity index is 3.58. The summed E-state index contributed by atoms with van der Waals surface area (Å²) in [6.07, 6.45) is -6.96. The van der Waals surface area contributed by atoms with Crippen LogP contribution in [0.5, 0.6) is 0 Å². The molecule has 69 heavy (non-hydrogen) atoms. The largest absolute Gasteiger partial charge is 0.481 e. The number of nitrogens with two attached hydrogens (primary N) is 3. The van der Waals surface area contributed by atoms with Gasteiger partial charge in [-0.1, -0.05) is 50.6 Å². The first-order valence-electron chi connectivity index (χ1n) is 20.7. The molecule has 0 bridgehead atoms. The van der Waals surface area contributed by atoms with Crippen LogP contribution in [0.4, 0.5) is 0 Å². The Labute approximate surface area is 391 Å². The summed E-state index contributed by atoms with van der Waals surface area (Å²) in [7, 11) is 0. The van der Waals surface area contributed by atoms with Gasteiger partial charge in [-0.3, -0.25) is 62.3 Å². The molecule has 29 nitrogen and oxygen atoms in total. The number of carboxylic acid groups (broad SMARTS) is 5. The fourth-order valence-electron chi connectivity index (χ4n) is 6.04. The van der Waals surface area contributed by atoms with Crippen molar-refractivity contribution in [3.8, 4) is 0 Å². The van der Waals surface area contributed by atoms with Crippen molar-refractivity contribution in [2.24, 2.45) is 23.1 Å². The summed E-state index contributed by atoms with van der Waals surface area (Å²) in [5.74, 6) is -20.3. The van der Waals surface area contributed by atoms with Gasteiger partial charge >= 0.3 is 29.8 Å². The van der Waals surface area contributed by atoms with E-state index >= 15 is 0 Å². The van der Waals surface area contributed by atoms with Gasteiger partial charge in [0.1, 0.15) is 42.3 Å². The average Bonchev–Trinajstić information content (AvgIpc) is 3.24. The number of carbonyl (C=O) groups excluding carboxylic acids is 9. The molecule has 0 spiro atoms. The van der Waals surface area contributed by atoms with Crippen LogP contribution in [0.3, 0.4) is 0 Å². The van der Waals surface area contributed by atoms with Gasteiger partial charge in [-0.25, -0.2) is 4.79 Å². The van der Waals surface area contributed by atoms with Crippen LogP contribution in [-0.4, -0.2) is 157 Å². The molecule has 0 aliphatic rings. The summed E-state index contributed by atoms with van der Waals surface area (Å²) in [6.45, 7) is 3.15. The van der Waals surface area contributed by atoms with E-state index in [9.17, 15) is 87.5 Å². The van der Waals surface area contributed by atoms with Crippen molar-refractivity contribution in [2.45, 2.75) is 120 Å². The summed E-state index contributed by atoms with van der Waals surface area (Å²) >= 11 is 0. The summed E-state index contributed by atoms with van der Waals surface area (Å²) in [6, 6.07) is -7.49. The topological polar surface area (TPSA) is 502 Å². The Morgan fingerprint density at radius 1 is 0.478 bits per heavy atom. The SMILES string of the molecule is CC[C@H](C)[C@H](NC(=O)[C@@H](N)CC(N)=O)C(=O)N[C@@H](CC(N)=O)C(=O)N[C@@H](CC(=O)O)C(=O)N[C@@H](Cc1ccccc1)C(=O)N[C@@H](CC(=O)O)C(=O)N[C@@H](CCC(=O)O)C(=O)N[C@@H](CC(=O)O)C(=O)O. The average molecular weight is 981 g/mol. The molecule has 9 amide bonds. The van der Waals surface area contributed by atoms with Crippen molar-refractivity contribution >= 4 is 83.0 Å². The van der Waals surface area contributed by atoms with Crippen molar-refractivity contribution in [1.82, 2.24) is 37.2 Å². The minimum absolute atomic E-state index is 0.242. The van der Waals surface area contributed by atoms with Gasteiger partial charge in [-0.15, -0.1) is 0 Å². The number of hydrogen-bond acceptors (Lipinski definition) is 15. The van der Waals surface area contributed by atoms with Crippen LogP contribution in [0.15, 0.2) is 30.3 Å². The molecule has 9 atom stereocenters. The number of amides is 9. The summed E-state index contributed by atoms with van der Waals surface area (Å²) in [5.41, 5.74) is 16.4. The predicted molar refractivity (Wildman–Crippen MR) is 230 cm³/mol. The molecule has 0 heterocycles. The molecule has 0 saturated carbocycles. The second kappa shape index (κ2) is 28.7. The molecule has 1 rings (SSSR count). The lowest BCUT2D eigenvalue weighted by Gasteiger charge is -2.28. The Morgan fingerprint density at radius 3 is 1.30 bits per heavy atom. The van der Waals surface area contributed by atoms with Crippen LogP contribution in [-0.2, 0) is 73.5 Å². The molecule has 0 unspecified atom stereocenters. The van der Waals surface area contributed by atoms with Crippen LogP contribution >= 0.6 is 0 Å². The van der Waals surface area contributed by atoms with Crippen LogP contribution in [0.1, 0.15) is 70.8 Å². The Hall–Kier alpha value is -8.24. The molecule has 0 saturated heterocycles. The maximum absolute atomic E-state index is 13.9. The molecule has 0 aliphatic carbocycles. The fraction of sp³-hybridized carbons (Fsp3) is 0.500. The van der Waals surface area contributed by atoms with E-state index < -0.39 is 189 Å². The van der Waals surface area contributed by atoms with Crippen molar-refractivity contribution in [3.63, 3.8) is 0 Å². The third kappa shape index (κ3) is 22.2. The molecule has 380 valence electrons. The van der Waals surface area contributed by atoms with E-state index in [0.717, 1.165) is 0 Å². The van der Waals surface area contributed by atoms with E-state index in [4.69, 9.17) is 22.3 Å². The van der Waals surface area contributed by atoms with Crippen molar-refractivity contribution in [1.29, 1.82) is 0 Å². The molecule has 1 aromatic carbocycles. The lowest BCUT2D eigenvalue weighted by molar-refractivity contribution is -0.147. The highest BCUT2D eigenvalue weighted by Crippen LogP contribution is 2.11. The predicted octanol–water partition coefficient (Wildman–Crippen LogP) is -5.88. The fourth-order valence-corrected chi connectivity index (χ4v) is 6.04. The highest BCUT2D eigenvalue weighted by molar-refractivity contribution is 6.00. The third-order valence-corrected chi connectivity index (χ3v) is 9.80. The van der Waals surface area contributed by atoms with Gasteiger partial charge in [0, 0.05) is 12.8 Å². The Kier molecular flexibility index (Phi) is 24.5. The van der Waals surface area contributed by atoms with Gasteiger partial charge < -0.3 is 80.0 Å². The molecular formula is C40H56N10O19. The normalized spacial score (nSPS) is 14.7. The van der Waals surface area contributed by atoms with E-state index in [1.165, 1.54) is 31.2 Å². The molecule has 0 aromatic heterocycles. The maximum atomic E-state index is 13.9. The van der Waals surface area contributed by atoms with Gasteiger partial charge in [0.15, 0.2) is 0 Å². The summed E-state index contributed by atoms with van der Waals surface area (Å²) < 4.78 is 0. The number of primary amides is 2.